The van der Waals surface area contributed by atoms with Gasteiger partial charge in [0.1, 0.15) is 22.6 Å². The average Bonchev–Trinajstić information content (AvgIpc) is 3.61. The summed E-state index contributed by atoms with van der Waals surface area (Å²) in [4.78, 5) is 31.7. The SMILES string of the molecule is COc1ccc(OC)c(-c2cc(-c3ccccc3)nc(SC(C)C(=O)Nc3ccc(C(=O)C=Cc4cccs4)cc3)c2C#N)c1. The third-order valence-corrected chi connectivity index (χ3v) is 8.83. The predicted molar refractivity (Wildman–Crippen MR) is 181 cm³/mol. The number of nitriles is 1. The summed E-state index contributed by atoms with van der Waals surface area (Å²) in [7, 11) is 3.15. The molecule has 0 fully saturated rings. The van der Waals surface area contributed by atoms with E-state index in [0.717, 1.165) is 10.4 Å². The number of nitrogens with one attached hydrogen (secondary N) is 1. The van der Waals surface area contributed by atoms with E-state index in [1.807, 2.05) is 60.0 Å². The van der Waals surface area contributed by atoms with E-state index in [4.69, 9.17) is 14.5 Å². The molecule has 0 radical (unpaired) electrons. The Morgan fingerprint density at radius 3 is 2.40 bits per heavy atom. The Kier molecular flexibility index (Phi) is 10.1. The zero-order chi connectivity index (χ0) is 31.8. The van der Waals surface area contributed by atoms with Crippen molar-refractivity contribution in [2.75, 3.05) is 19.5 Å². The van der Waals surface area contributed by atoms with Crippen molar-refractivity contribution in [3.8, 4) is 40.0 Å². The minimum Gasteiger partial charge on any atom is -0.497 e. The molecule has 5 rings (SSSR count). The van der Waals surface area contributed by atoms with Crippen LogP contribution >= 0.6 is 23.1 Å². The van der Waals surface area contributed by atoms with Crippen LogP contribution in [0.15, 0.2) is 107 Å². The highest BCUT2D eigenvalue weighted by molar-refractivity contribution is 8.00. The largest absolute Gasteiger partial charge is 0.497 e. The van der Waals surface area contributed by atoms with Crippen molar-refractivity contribution in [1.82, 2.24) is 4.98 Å². The molecule has 1 unspecified atom stereocenters. The molecule has 7 nitrogen and oxygen atoms in total. The number of ketones is 1. The number of nitrogens with zero attached hydrogens (tertiary/aromatic N) is 2. The molecule has 5 aromatic rings. The molecule has 224 valence electrons. The second-order valence-corrected chi connectivity index (χ2v) is 12.1. The monoisotopic (exact) mass is 631 g/mol. The normalized spacial score (nSPS) is 11.5. The van der Waals surface area contributed by atoms with E-state index in [0.29, 0.717) is 50.2 Å². The number of aromatic nitrogens is 1. The van der Waals surface area contributed by atoms with Gasteiger partial charge in [0.15, 0.2) is 5.78 Å². The molecule has 2 heterocycles. The topological polar surface area (TPSA) is 101 Å². The lowest BCUT2D eigenvalue weighted by Gasteiger charge is -2.17. The van der Waals surface area contributed by atoms with Gasteiger partial charge in [0.2, 0.25) is 5.91 Å². The lowest BCUT2D eigenvalue weighted by atomic mass is 9.98. The molecule has 0 aliphatic carbocycles. The van der Waals surface area contributed by atoms with Crippen molar-refractivity contribution < 1.29 is 19.1 Å². The van der Waals surface area contributed by atoms with Crippen molar-refractivity contribution in [3.63, 3.8) is 0 Å². The van der Waals surface area contributed by atoms with Crippen LogP contribution in [0.5, 0.6) is 11.5 Å². The van der Waals surface area contributed by atoms with E-state index >= 15 is 0 Å². The van der Waals surface area contributed by atoms with Crippen LogP contribution in [0.2, 0.25) is 0 Å². The summed E-state index contributed by atoms with van der Waals surface area (Å²) in [5.74, 6) is 0.791. The van der Waals surface area contributed by atoms with Crippen LogP contribution in [-0.4, -0.2) is 36.1 Å². The van der Waals surface area contributed by atoms with Gasteiger partial charge < -0.3 is 14.8 Å². The number of amides is 1. The number of thioether (sulfide) groups is 1. The maximum Gasteiger partial charge on any atom is 0.237 e. The van der Waals surface area contributed by atoms with Crippen molar-refractivity contribution >= 4 is 46.6 Å². The molecule has 1 amide bonds. The highest BCUT2D eigenvalue weighted by Crippen LogP contribution is 2.40. The summed E-state index contributed by atoms with van der Waals surface area (Å²) < 4.78 is 11.1. The third kappa shape index (κ3) is 7.50. The van der Waals surface area contributed by atoms with E-state index in [-0.39, 0.29) is 11.7 Å². The molecule has 0 bridgehead atoms. The number of hydrogen-bond donors (Lipinski definition) is 1. The van der Waals surface area contributed by atoms with E-state index in [1.165, 1.54) is 17.8 Å². The summed E-state index contributed by atoms with van der Waals surface area (Å²) in [5.41, 5.74) is 4.20. The number of pyridine rings is 1. The molecule has 1 N–H and O–H groups in total. The molecule has 1 atom stereocenters. The summed E-state index contributed by atoms with van der Waals surface area (Å²) >= 11 is 2.75. The van der Waals surface area contributed by atoms with Gasteiger partial charge >= 0.3 is 0 Å². The van der Waals surface area contributed by atoms with Crippen LogP contribution in [0.1, 0.15) is 27.7 Å². The number of hydrogen-bond acceptors (Lipinski definition) is 8. The number of thiophene rings is 1. The molecular weight excluding hydrogens is 603 g/mol. The first kappa shape index (κ1) is 31.3. The lowest BCUT2D eigenvalue weighted by molar-refractivity contribution is -0.115. The van der Waals surface area contributed by atoms with Crippen LogP contribution in [0.3, 0.4) is 0 Å². The summed E-state index contributed by atoms with van der Waals surface area (Å²) in [6.45, 7) is 1.76. The van der Waals surface area contributed by atoms with E-state index in [2.05, 4.69) is 11.4 Å². The molecule has 0 aliphatic heterocycles. The van der Waals surface area contributed by atoms with Gasteiger partial charge in [0, 0.05) is 32.8 Å². The quantitative estimate of drug-likeness (QED) is 0.0888. The Morgan fingerprint density at radius 2 is 1.73 bits per heavy atom. The van der Waals surface area contributed by atoms with Crippen LogP contribution in [-0.2, 0) is 4.79 Å². The molecule has 45 heavy (non-hydrogen) atoms. The minimum absolute atomic E-state index is 0.123. The molecule has 0 spiro atoms. The zero-order valence-electron chi connectivity index (χ0n) is 24.8. The first-order chi connectivity index (χ1) is 21.9. The second-order valence-electron chi connectivity index (χ2n) is 9.82. The number of anilines is 1. The summed E-state index contributed by atoms with van der Waals surface area (Å²) in [6.07, 6.45) is 3.32. The van der Waals surface area contributed by atoms with Crippen molar-refractivity contribution in [1.29, 1.82) is 5.26 Å². The van der Waals surface area contributed by atoms with Crippen molar-refractivity contribution in [2.24, 2.45) is 0 Å². The highest BCUT2D eigenvalue weighted by Gasteiger charge is 2.23. The maximum atomic E-state index is 13.3. The lowest BCUT2D eigenvalue weighted by Crippen LogP contribution is -2.22. The first-order valence-corrected chi connectivity index (χ1v) is 15.7. The fourth-order valence-electron chi connectivity index (χ4n) is 4.53. The number of carbonyl (C=O) groups is 2. The van der Waals surface area contributed by atoms with Crippen LogP contribution in [0, 0.1) is 11.3 Å². The Balaban J connectivity index is 1.41. The molecule has 0 saturated heterocycles. The van der Waals surface area contributed by atoms with Crippen molar-refractivity contribution in [3.05, 3.63) is 118 Å². The Bertz CT molecular complexity index is 1880. The van der Waals surface area contributed by atoms with Gasteiger partial charge in [0.25, 0.3) is 0 Å². The van der Waals surface area contributed by atoms with Gasteiger partial charge in [0.05, 0.1) is 30.7 Å². The highest BCUT2D eigenvalue weighted by atomic mass is 32.2. The number of methoxy groups -OCH3 is 2. The van der Waals surface area contributed by atoms with Gasteiger partial charge in [-0.05, 0) is 79.1 Å². The smallest absolute Gasteiger partial charge is 0.237 e. The van der Waals surface area contributed by atoms with Crippen molar-refractivity contribution in [2.45, 2.75) is 17.2 Å². The number of allylic oxidation sites excluding steroid dienone is 1. The van der Waals surface area contributed by atoms with Gasteiger partial charge in [-0.25, -0.2) is 4.98 Å². The first-order valence-electron chi connectivity index (χ1n) is 14.0. The average molecular weight is 632 g/mol. The number of benzene rings is 3. The predicted octanol–water partition coefficient (Wildman–Crippen LogP) is 8.38. The third-order valence-electron chi connectivity index (χ3n) is 6.90. The molecular formula is C36H29N3O4S2. The number of carbonyl (C=O) groups excluding carboxylic acids is 2. The van der Waals surface area contributed by atoms with E-state index < -0.39 is 5.25 Å². The Morgan fingerprint density at radius 1 is 0.956 bits per heavy atom. The van der Waals surface area contributed by atoms with Gasteiger partial charge in [-0.2, -0.15) is 5.26 Å². The molecule has 0 aliphatic rings. The fourth-order valence-corrected chi connectivity index (χ4v) is 6.07. The number of rotatable bonds is 11. The van der Waals surface area contributed by atoms with Gasteiger partial charge in [-0.15, -0.1) is 11.3 Å². The van der Waals surface area contributed by atoms with Gasteiger partial charge in [-0.1, -0.05) is 48.2 Å². The molecule has 0 saturated carbocycles. The Labute approximate surface area is 270 Å². The molecule has 9 heteroatoms. The summed E-state index contributed by atoms with van der Waals surface area (Å²) in [6, 6.07) is 29.9. The fraction of sp³-hybridized carbons (Fsp3) is 0.111. The molecule has 3 aromatic carbocycles. The van der Waals surface area contributed by atoms with Crippen LogP contribution < -0.4 is 14.8 Å². The molecule has 2 aromatic heterocycles. The van der Waals surface area contributed by atoms with E-state index in [9.17, 15) is 14.9 Å². The second kappa shape index (κ2) is 14.5. The minimum atomic E-state index is -0.606. The Hall–Kier alpha value is -5.17. The standard InChI is InChI=1S/C36H29N3O4S2/c1-23(35(41)38-26-13-11-25(12-14-26)33(40)17-16-28-10-7-19-44-28)45-36-31(22-37)29(21-32(39-36)24-8-5-4-6-9-24)30-20-27(42-2)15-18-34(30)43-3/h4-21,23H,1-3H3,(H,38,41). The number of ether oxygens (including phenoxy) is 2. The van der Waals surface area contributed by atoms with Gasteiger partial charge in [-0.3, -0.25) is 9.59 Å². The van der Waals surface area contributed by atoms with Crippen LogP contribution in [0.4, 0.5) is 5.69 Å². The van der Waals surface area contributed by atoms with E-state index in [1.54, 1.807) is 75.0 Å². The zero-order valence-corrected chi connectivity index (χ0v) is 26.4. The summed E-state index contributed by atoms with van der Waals surface area (Å²) in [5, 5.41) is 15.0. The van der Waals surface area contributed by atoms with Crippen LogP contribution in [0.25, 0.3) is 28.5 Å². The maximum absolute atomic E-state index is 13.3.